The molecule has 2 aliphatic rings. The lowest BCUT2D eigenvalue weighted by Gasteiger charge is -2.38. The van der Waals surface area contributed by atoms with Crippen LogP contribution in [0.25, 0.3) is 0 Å². The summed E-state index contributed by atoms with van der Waals surface area (Å²) in [5.74, 6) is -0.0318. The molecule has 1 heterocycles. The Morgan fingerprint density at radius 2 is 1.70 bits per heavy atom. The van der Waals surface area contributed by atoms with Crippen molar-refractivity contribution in [1.82, 2.24) is 4.90 Å². The third kappa shape index (κ3) is 3.74. The third-order valence-electron chi connectivity index (χ3n) is 6.29. The quantitative estimate of drug-likeness (QED) is 0.542. The Kier molecular flexibility index (Phi) is 5.39. The fourth-order valence-corrected chi connectivity index (χ4v) is 4.98. The van der Waals surface area contributed by atoms with Gasteiger partial charge in [0.25, 0.3) is 5.91 Å². The molecule has 1 amide bonds. The molecule has 2 aromatic carbocycles. The molecule has 0 N–H and O–H groups in total. The van der Waals surface area contributed by atoms with Crippen LogP contribution in [0.2, 0.25) is 0 Å². The van der Waals surface area contributed by atoms with E-state index in [1.165, 1.54) is 12.0 Å². The average Bonchev–Trinajstić information content (AvgIpc) is 2.99. The summed E-state index contributed by atoms with van der Waals surface area (Å²) >= 11 is 5.89. The van der Waals surface area contributed by atoms with Gasteiger partial charge in [-0.1, -0.05) is 81.4 Å². The van der Waals surface area contributed by atoms with Gasteiger partial charge in [-0.05, 0) is 55.7 Å². The predicted octanol–water partition coefficient (Wildman–Crippen LogP) is 6.23. The number of rotatable bonds is 2. The number of aryl methyl sites for hydroxylation is 1. The van der Waals surface area contributed by atoms with Crippen LogP contribution >= 0.6 is 12.2 Å². The zero-order chi connectivity index (χ0) is 21.5. The standard InChI is InChI=1S/C26H30N2OS/c1-18-9-8-10-20(17-18)23(29)28-24(30)22(27-26(28)15-6-5-7-16-26)19-11-13-21(14-12-19)25(2,3)4/h8-14,17H,5-7,15-16H2,1-4H3. The monoisotopic (exact) mass is 418 g/mol. The maximum absolute atomic E-state index is 13.6. The van der Waals surface area contributed by atoms with E-state index in [4.69, 9.17) is 17.2 Å². The van der Waals surface area contributed by atoms with Crippen molar-refractivity contribution in [3.63, 3.8) is 0 Å². The largest absolute Gasteiger partial charge is 0.271 e. The van der Waals surface area contributed by atoms with Gasteiger partial charge in [0.05, 0.1) is 0 Å². The summed E-state index contributed by atoms with van der Waals surface area (Å²) in [5.41, 5.74) is 4.37. The number of thiocarbonyl (C=S) groups is 1. The highest BCUT2D eigenvalue weighted by atomic mass is 32.1. The summed E-state index contributed by atoms with van der Waals surface area (Å²) in [6.07, 6.45) is 5.06. The number of hydrogen-bond acceptors (Lipinski definition) is 3. The molecule has 0 saturated heterocycles. The smallest absolute Gasteiger partial charge is 0.260 e. The summed E-state index contributed by atoms with van der Waals surface area (Å²) in [4.78, 5) is 21.1. The van der Waals surface area contributed by atoms with Crippen LogP contribution in [0.5, 0.6) is 0 Å². The SMILES string of the molecule is Cc1cccc(C(=O)N2C(=S)C(c3ccc(C(C)(C)C)cc3)=NC23CCCCC3)c1. The van der Waals surface area contributed by atoms with Crippen LogP contribution < -0.4 is 0 Å². The van der Waals surface area contributed by atoms with Crippen molar-refractivity contribution in [2.45, 2.75) is 70.9 Å². The van der Waals surface area contributed by atoms with E-state index < -0.39 is 5.66 Å². The molecule has 0 bridgehead atoms. The number of hydrogen-bond donors (Lipinski definition) is 0. The van der Waals surface area contributed by atoms with E-state index in [2.05, 4.69) is 45.0 Å². The fraction of sp³-hybridized carbons (Fsp3) is 0.423. The first-order valence-corrected chi connectivity index (χ1v) is 11.3. The molecule has 0 atom stereocenters. The molecule has 4 rings (SSSR count). The number of aliphatic imine (C=N–C) groups is 1. The molecule has 1 aliphatic heterocycles. The van der Waals surface area contributed by atoms with Crippen molar-refractivity contribution >= 4 is 28.8 Å². The molecule has 1 aliphatic carbocycles. The second-order valence-corrected chi connectivity index (χ2v) is 10.0. The molecule has 0 unspecified atom stereocenters. The molecule has 3 nitrogen and oxygen atoms in total. The minimum Gasteiger partial charge on any atom is -0.271 e. The van der Waals surface area contributed by atoms with Crippen LogP contribution in [0, 0.1) is 6.92 Å². The van der Waals surface area contributed by atoms with Gasteiger partial charge in [0.2, 0.25) is 0 Å². The molecule has 0 aromatic heterocycles. The van der Waals surface area contributed by atoms with Crippen LogP contribution in [0.3, 0.4) is 0 Å². The van der Waals surface area contributed by atoms with Gasteiger partial charge in [-0.2, -0.15) is 0 Å². The molecule has 30 heavy (non-hydrogen) atoms. The highest BCUT2D eigenvalue weighted by Gasteiger charge is 2.49. The maximum Gasteiger partial charge on any atom is 0.260 e. The first-order chi connectivity index (χ1) is 14.2. The van der Waals surface area contributed by atoms with Crippen molar-refractivity contribution in [3.05, 3.63) is 70.8 Å². The predicted molar refractivity (Wildman–Crippen MR) is 127 cm³/mol. The normalized spacial score (nSPS) is 18.6. The number of carbonyl (C=O) groups is 1. The minimum atomic E-state index is -0.534. The topological polar surface area (TPSA) is 32.7 Å². The molecule has 156 valence electrons. The fourth-order valence-electron chi connectivity index (χ4n) is 4.56. The molecular formula is C26H30N2OS. The molecule has 0 radical (unpaired) electrons. The van der Waals surface area contributed by atoms with Gasteiger partial charge >= 0.3 is 0 Å². The van der Waals surface area contributed by atoms with Crippen LogP contribution in [0.15, 0.2) is 53.5 Å². The van der Waals surface area contributed by atoms with Crippen molar-refractivity contribution in [3.8, 4) is 0 Å². The minimum absolute atomic E-state index is 0.0318. The maximum atomic E-state index is 13.6. The lowest BCUT2D eigenvalue weighted by Crippen LogP contribution is -2.50. The highest BCUT2D eigenvalue weighted by molar-refractivity contribution is 7.82. The van der Waals surface area contributed by atoms with Crippen LogP contribution in [0.1, 0.15) is 79.9 Å². The average molecular weight is 419 g/mol. The molecule has 4 heteroatoms. The van der Waals surface area contributed by atoms with E-state index >= 15 is 0 Å². The lowest BCUT2D eigenvalue weighted by atomic mass is 9.86. The zero-order valence-corrected chi connectivity index (χ0v) is 19.2. The summed E-state index contributed by atoms with van der Waals surface area (Å²) < 4.78 is 0. The Balaban J connectivity index is 1.74. The summed E-state index contributed by atoms with van der Waals surface area (Å²) in [6, 6.07) is 16.3. The Morgan fingerprint density at radius 1 is 1.03 bits per heavy atom. The van der Waals surface area contributed by atoms with Gasteiger partial charge in [0, 0.05) is 11.1 Å². The second-order valence-electron chi connectivity index (χ2n) is 9.65. The first kappa shape index (κ1) is 20.9. The highest BCUT2D eigenvalue weighted by Crippen LogP contribution is 2.41. The molecule has 2 aromatic rings. The van der Waals surface area contributed by atoms with Gasteiger partial charge in [-0.15, -0.1) is 0 Å². The Bertz CT molecular complexity index is 1010. The van der Waals surface area contributed by atoms with Crippen molar-refractivity contribution < 1.29 is 4.79 Å². The van der Waals surface area contributed by atoms with Gasteiger partial charge in [-0.3, -0.25) is 14.7 Å². The van der Waals surface area contributed by atoms with Crippen molar-refractivity contribution in [2.24, 2.45) is 4.99 Å². The summed E-state index contributed by atoms with van der Waals surface area (Å²) in [5, 5.41) is 0. The van der Waals surface area contributed by atoms with Crippen LogP contribution in [0.4, 0.5) is 0 Å². The van der Waals surface area contributed by atoms with Gasteiger partial charge in [0.15, 0.2) is 0 Å². The van der Waals surface area contributed by atoms with Gasteiger partial charge in [-0.25, -0.2) is 0 Å². The Morgan fingerprint density at radius 3 is 2.30 bits per heavy atom. The lowest BCUT2D eigenvalue weighted by molar-refractivity contribution is 0.0648. The molecular weight excluding hydrogens is 388 g/mol. The van der Waals surface area contributed by atoms with Crippen molar-refractivity contribution in [2.75, 3.05) is 0 Å². The number of amides is 1. The summed E-state index contributed by atoms with van der Waals surface area (Å²) in [7, 11) is 0. The van der Waals surface area contributed by atoms with Gasteiger partial charge in [0.1, 0.15) is 16.4 Å². The molecule has 1 saturated carbocycles. The van der Waals surface area contributed by atoms with E-state index in [0.717, 1.165) is 42.5 Å². The Hall–Kier alpha value is -2.33. The summed E-state index contributed by atoms with van der Waals surface area (Å²) in [6.45, 7) is 8.63. The van der Waals surface area contributed by atoms with E-state index in [9.17, 15) is 4.79 Å². The molecule has 1 spiro atoms. The number of benzene rings is 2. The van der Waals surface area contributed by atoms with E-state index in [0.29, 0.717) is 10.6 Å². The second kappa shape index (κ2) is 7.73. The number of nitrogens with zero attached hydrogens (tertiary/aromatic N) is 2. The molecule has 1 fully saturated rings. The first-order valence-electron chi connectivity index (χ1n) is 10.9. The Labute approximate surface area is 185 Å². The van der Waals surface area contributed by atoms with Crippen molar-refractivity contribution in [1.29, 1.82) is 0 Å². The van der Waals surface area contributed by atoms with Crippen LogP contribution in [-0.2, 0) is 5.41 Å². The number of carbonyl (C=O) groups excluding carboxylic acids is 1. The van der Waals surface area contributed by atoms with E-state index in [1.54, 1.807) is 0 Å². The van der Waals surface area contributed by atoms with E-state index in [1.807, 2.05) is 36.1 Å². The van der Waals surface area contributed by atoms with Crippen LogP contribution in [-0.4, -0.2) is 27.2 Å². The van der Waals surface area contributed by atoms with Gasteiger partial charge < -0.3 is 0 Å². The van der Waals surface area contributed by atoms with E-state index in [-0.39, 0.29) is 11.3 Å². The zero-order valence-electron chi connectivity index (χ0n) is 18.4. The third-order valence-corrected chi connectivity index (χ3v) is 6.66.